The SMILES string of the molecule is O=C(CCc1ccc(Cl)cc1Cl)N1CCN(c2ncc(Br)cn2)CC1. The van der Waals surface area contributed by atoms with Crippen molar-refractivity contribution >= 4 is 51.0 Å². The third kappa shape index (κ3) is 4.84. The van der Waals surface area contributed by atoms with Crippen LogP contribution in [0.15, 0.2) is 35.1 Å². The van der Waals surface area contributed by atoms with Gasteiger partial charge in [0.1, 0.15) is 0 Å². The van der Waals surface area contributed by atoms with Crippen LogP contribution in [0.25, 0.3) is 0 Å². The van der Waals surface area contributed by atoms with Crippen molar-refractivity contribution in [2.24, 2.45) is 0 Å². The molecule has 0 atom stereocenters. The molecule has 1 aromatic heterocycles. The second-order valence-electron chi connectivity index (χ2n) is 5.80. The standard InChI is InChI=1S/C17H17BrCl2N4O/c18-13-10-21-17(22-11-13)24-7-5-23(6-8-24)16(25)4-2-12-1-3-14(19)9-15(12)20/h1,3,9-11H,2,4-8H2. The van der Waals surface area contributed by atoms with Gasteiger partial charge in [-0.05, 0) is 40.0 Å². The fraction of sp³-hybridized carbons (Fsp3) is 0.353. The minimum absolute atomic E-state index is 0.141. The Hall–Kier alpha value is -1.37. The first-order valence-corrected chi connectivity index (χ1v) is 9.52. The van der Waals surface area contributed by atoms with Gasteiger partial charge in [-0.15, -0.1) is 0 Å². The van der Waals surface area contributed by atoms with Crippen molar-refractivity contribution in [2.45, 2.75) is 12.8 Å². The smallest absolute Gasteiger partial charge is 0.225 e. The summed E-state index contributed by atoms with van der Waals surface area (Å²) in [6, 6.07) is 5.38. The second-order valence-corrected chi connectivity index (χ2v) is 7.56. The number of halogens is 3. The van der Waals surface area contributed by atoms with Gasteiger partial charge in [0.2, 0.25) is 11.9 Å². The highest BCUT2D eigenvalue weighted by atomic mass is 79.9. The molecule has 2 heterocycles. The van der Waals surface area contributed by atoms with Crippen LogP contribution in [0.1, 0.15) is 12.0 Å². The van der Waals surface area contributed by atoms with Crippen molar-refractivity contribution in [3.8, 4) is 0 Å². The molecule has 132 valence electrons. The van der Waals surface area contributed by atoms with Gasteiger partial charge in [0.05, 0.1) is 4.47 Å². The highest BCUT2D eigenvalue weighted by molar-refractivity contribution is 9.10. The Bertz CT molecular complexity index is 749. The molecule has 1 fully saturated rings. The van der Waals surface area contributed by atoms with E-state index in [1.165, 1.54) is 0 Å². The van der Waals surface area contributed by atoms with Gasteiger partial charge >= 0.3 is 0 Å². The van der Waals surface area contributed by atoms with E-state index in [9.17, 15) is 4.79 Å². The lowest BCUT2D eigenvalue weighted by Crippen LogP contribution is -2.49. The first kappa shape index (κ1) is 18.4. The summed E-state index contributed by atoms with van der Waals surface area (Å²) in [4.78, 5) is 25.0. The molecule has 1 aromatic carbocycles. The Labute approximate surface area is 165 Å². The normalized spacial score (nSPS) is 14.7. The van der Waals surface area contributed by atoms with Gasteiger partial charge in [0, 0.05) is 55.0 Å². The number of aromatic nitrogens is 2. The second kappa shape index (κ2) is 8.34. The summed E-state index contributed by atoms with van der Waals surface area (Å²) in [5.41, 5.74) is 0.946. The van der Waals surface area contributed by atoms with Crippen LogP contribution in [-0.2, 0) is 11.2 Å². The van der Waals surface area contributed by atoms with E-state index < -0.39 is 0 Å². The Kier molecular flexibility index (Phi) is 6.15. The number of carbonyl (C=O) groups is 1. The molecule has 0 unspecified atom stereocenters. The van der Waals surface area contributed by atoms with Crippen LogP contribution in [0.3, 0.4) is 0 Å². The summed E-state index contributed by atoms with van der Waals surface area (Å²) in [6.45, 7) is 2.81. The van der Waals surface area contributed by atoms with Gasteiger partial charge in [0.25, 0.3) is 0 Å². The van der Waals surface area contributed by atoms with Gasteiger partial charge in [-0.25, -0.2) is 9.97 Å². The topological polar surface area (TPSA) is 49.3 Å². The number of anilines is 1. The molecule has 1 saturated heterocycles. The molecule has 8 heteroatoms. The Balaban J connectivity index is 1.50. The molecule has 2 aromatic rings. The first-order chi connectivity index (χ1) is 12.0. The minimum atomic E-state index is 0.141. The van der Waals surface area contributed by atoms with Crippen molar-refractivity contribution in [3.63, 3.8) is 0 Å². The van der Waals surface area contributed by atoms with Crippen molar-refractivity contribution in [3.05, 3.63) is 50.7 Å². The van der Waals surface area contributed by atoms with Crippen LogP contribution < -0.4 is 4.90 Å². The average molecular weight is 444 g/mol. The summed E-state index contributed by atoms with van der Waals surface area (Å²) >= 11 is 15.4. The predicted octanol–water partition coefficient (Wildman–Crippen LogP) is 3.83. The third-order valence-corrected chi connectivity index (χ3v) is 5.14. The quantitative estimate of drug-likeness (QED) is 0.720. The van der Waals surface area contributed by atoms with Gasteiger partial charge in [0.15, 0.2) is 0 Å². The molecule has 0 saturated carbocycles. The molecule has 3 rings (SSSR count). The Morgan fingerprint density at radius 2 is 1.80 bits per heavy atom. The molecule has 0 radical (unpaired) electrons. The molecule has 5 nitrogen and oxygen atoms in total. The molecule has 0 aliphatic carbocycles. The largest absolute Gasteiger partial charge is 0.339 e. The third-order valence-electron chi connectivity index (χ3n) is 4.15. The fourth-order valence-electron chi connectivity index (χ4n) is 2.75. The van der Waals surface area contributed by atoms with Gasteiger partial charge in [-0.2, -0.15) is 0 Å². The summed E-state index contributed by atoms with van der Waals surface area (Å²) in [6.07, 6.45) is 4.52. The number of aryl methyl sites for hydroxylation is 1. The first-order valence-electron chi connectivity index (χ1n) is 7.97. The van der Waals surface area contributed by atoms with E-state index in [4.69, 9.17) is 23.2 Å². The molecular formula is C17H17BrCl2N4O. The zero-order valence-electron chi connectivity index (χ0n) is 13.5. The zero-order valence-corrected chi connectivity index (χ0v) is 16.6. The number of carbonyl (C=O) groups excluding carboxylic acids is 1. The maximum Gasteiger partial charge on any atom is 0.225 e. The van der Waals surface area contributed by atoms with E-state index in [0.717, 1.165) is 23.1 Å². The van der Waals surface area contributed by atoms with Crippen LogP contribution in [0.5, 0.6) is 0 Å². The van der Waals surface area contributed by atoms with Gasteiger partial charge in [-0.1, -0.05) is 29.3 Å². The molecule has 0 N–H and O–H groups in total. The van der Waals surface area contributed by atoms with Crippen LogP contribution >= 0.6 is 39.1 Å². The summed E-state index contributed by atoms with van der Waals surface area (Å²) in [5.74, 6) is 0.839. The predicted molar refractivity (Wildman–Crippen MR) is 103 cm³/mol. The lowest BCUT2D eigenvalue weighted by atomic mass is 10.1. The molecule has 25 heavy (non-hydrogen) atoms. The number of hydrogen-bond donors (Lipinski definition) is 0. The number of piperazine rings is 1. The van der Waals surface area contributed by atoms with E-state index in [1.54, 1.807) is 24.5 Å². The van der Waals surface area contributed by atoms with Crippen molar-refractivity contribution < 1.29 is 4.79 Å². The number of nitrogens with zero attached hydrogens (tertiary/aromatic N) is 4. The van der Waals surface area contributed by atoms with Crippen molar-refractivity contribution in [1.29, 1.82) is 0 Å². The highest BCUT2D eigenvalue weighted by Gasteiger charge is 2.22. The minimum Gasteiger partial charge on any atom is -0.339 e. The van der Waals surface area contributed by atoms with E-state index in [0.29, 0.717) is 41.9 Å². The van der Waals surface area contributed by atoms with Crippen molar-refractivity contribution in [2.75, 3.05) is 31.1 Å². The Morgan fingerprint density at radius 1 is 1.12 bits per heavy atom. The molecule has 0 spiro atoms. The van der Waals surface area contributed by atoms with Crippen LogP contribution in [0.4, 0.5) is 5.95 Å². The van der Waals surface area contributed by atoms with E-state index in [-0.39, 0.29) is 5.91 Å². The molecular weight excluding hydrogens is 427 g/mol. The maximum atomic E-state index is 12.4. The van der Waals surface area contributed by atoms with E-state index >= 15 is 0 Å². The average Bonchev–Trinajstić information content (AvgIpc) is 2.61. The number of benzene rings is 1. The zero-order chi connectivity index (χ0) is 17.8. The Morgan fingerprint density at radius 3 is 2.44 bits per heavy atom. The molecule has 1 aliphatic rings. The van der Waals surface area contributed by atoms with E-state index in [2.05, 4.69) is 30.8 Å². The monoisotopic (exact) mass is 442 g/mol. The lowest BCUT2D eigenvalue weighted by Gasteiger charge is -2.34. The van der Waals surface area contributed by atoms with E-state index in [1.807, 2.05) is 11.0 Å². The van der Waals surface area contributed by atoms with Gasteiger partial charge < -0.3 is 9.80 Å². The van der Waals surface area contributed by atoms with Crippen molar-refractivity contribution in [1.82, 2.24) is 14.9 Å². The van der Waals surface area contributed by atoms with Gasteiger partial charge in [-0.3, -0.25) is 4.79 Å². The molecule has 0 bridgehead atoms. The van der Waals surface area contributed by atoms with Crippen LogP contribution in [-0.4, -0.2) is 47.0 Å². The van der Waals surface area contributed by atoms with Crippen LogP contribution in [0.2, 0.25) is 10.0 Å². The summed E-state index contributed by atoms with van der Waals surface area (Å²) in [7, 11) is 0. The summed E-state index contributed by atoms with van der Waals surface area (Å²) in [5, 5.41) is 1.21. The number of amides is 1. The highest BCUT2D eigenvalue weighted by Crippen LogP contribution is 2.22. The number of hydrogen-bond acceptors (Lipinski definition) is 4. The maximum absolute atomic E-state index is 12.4. The molecule has 1 aliphatic heterocycles. The lowest BCUT2D eigenvalue weighted by molar-refractivity contribution is -0.131. The van der Waals surface area contributed by atoms with Crippen LogP contribution in [0, 0.1) is 0 Å². The molecule has 1 amide bonds. The summed E-state index contributed by atoms with van der Waals surface area (Å²) < 4.78 is 0.853. The fourth-order valence-corrected chi connectivity index (χ4v) is 3.46. The number of rotatable bonds is 4.